The van der Waals surface area contributed by atoms with Gasteiger partial charge in [-0.05, 0) is 30.9 Å². The van der Waals surface area contributed by atoms with Gasteiger partial charge in [-0.25, -0.2) is 0 Å². The predicted octanol–water partition coefficient (Wildman–Crippen LogP) is 1.38. The standard InChI is InChI=1S/C10H14N2/c1-8-4-9(6-12-5-8)10(7-11)2-3-10/h4-6H,2-3,7,11H2,1H3. The summed E-state index contributed by atoms with van der Waals surface area (Å²) in [5, 5.41) is 0. The van der Waals surface area contributed by atoms with Gasteiger partial charge in [0.2, 0.25) is 0 Å². The maximum absolute atomic E-state index is 5.72. The van der Waals surface area contributed by atoms with Crippen LogP contribution in [0.5, 0.6) is 0 Å². The zero-order chi connectivity index (χ0) is 8.60. The molecular weight excluding hydrogens is 148 g/mol. The van der Waals surface area contributed by atoms with Crippen molar-refractivity contribution in [2.24, 2.45) is 5.73 Å². The van der Waals surface area contributed by atoms with Gasteiger partial charge in [-0.3, -0.25) is 4.98 Å². The predicted molar refractivity (Wildman–Crippen MR) is 48.9 cm³/mol. The van der Waals surface area contributed by atoms with Crippen LogP contribution in [0.1, 0.15) is 24.0 Å². The van der Waals surface area contributed by atoms with Gasteiger partial charge in [-0.15, -0.1) is 0 Å². The quantitative estimate of drug-likeness (QED) is 0.713. The Morgan fingerprint density at radius 3 is 2.75 bits per heavy atom. The lowest BCUT2D eigenvalue weighted by atomic mass is 9.97. The second-order valence-corrected chi connectivity index (χ2v) is 3.74. The van der Waals surface area contributed by atoms with Crippen LogP contribution in [0.25, 0.3) is 0 Å². The lowest BCUT2D eigenvalue weighted by Crippen LogP contribution is -2.19. The molecule has 0 spiro atoms. The minimum atomic E-state index is 0.291. The van der Waals surface area contributed by atoms with Crippen LogP contribution in [0.3, 0.4) is 0 Å². The Labute approximate surface area is 72.8 Å². The van der Waals surface area contributed by atoms with E-state index in [-0.39, 0.29) is 0 Å². The number of nitrogens with zero attached hydrogens (tertiary/aromatic N) is 1. The molecular formula is C10H14N2. The van der Waals surface area contributed by atoms with E-state index in [4.69, 9.17) is 5.73 Å². The number of aromatic nitrogens is 1. The molecule has 1 aliphatic carbocycles. The van der Waals surface area contributed by atoms with E-state index in [0.717, 1.165) is 6.54 Å². The van der Waals surface area contributed by atoms with E-state index in [1.165, 1.54) is 24.0 Å². The molecule has 0 amide bonds. The van der Waals surface area contributed by atoms with Crippen molar-refractivity contribution in [3.63, 3.8) is 0 Å². The molecule has 0 bridgehead atoms. The molecule has 0 radical (unpaired) electrons. The molecule has 0 aliphatic heterocycles. The minimum Gasteiger partial charge on any atom is -0.330 e. The molecule has 0 atom stereocenters. The molecule has 0 unspecified atom stereocenters. The first-order valence-corrected chi connectivity index (χ1v) is 4.39. The summed E-state index contributed by atoms with van der Waals surface area (Å²) in [6.45, 7) is 2.83. The largest absolute Gasteiger partial charge is 0.330 e. The summed E-state index contributed by atoms with van der Waals surface area (Å²) in [5.74, 6) is 0. The summed E-state index contributed by atoms with van der Waals surface area (Å²) in [6.07, 6.45) is 6.30. The molecule has 1 saturated carbocycles. The average molecular weight is 162 g/mol. The summed E-state index contributed by atoms with van der Waals surface area (Å²) in [5.41, 5.74) is 8.57. The summed E-state index contributed by atoms with van der Waals surface area (Å²) < 4.78 is 0. The Hall–Kier alpha value is -0.890. The molecule has 64 valence electrons. The molecule has 2 N–H and O–H groups in total. The van der Waals surface area contributed by atoms with Crippen molar-refractivity contribution in [1.82, 2.24) is 4.98 Å². The fraction of sp³-hybridized carbons (Fsp3) is 0.500. The van der Waals surface area contributed by atoms with Gasteiger partial charge in [0.05, 0.1) is 0 Å². The third-order valence-corrected chi connectivity index (χ3v) is 2.73. The molecule has 12 heavy (non-hydrogen) atoms. The minimum absolute atomic E-state index is 0.291. The Bertz CT molecular complexity index is 290. The summed E-state index contributed by atoms with van der Waals surface area (Å²) in [7, 11) is 0. The monoisotopic (exact) mass is 162 g/mol. The van der Waals surface area contributed by atoms with Crippen molar-refractivity contribution < 1.29 is 0 Å². The van der Waals surface area contributed by atoms with Gasteiger partial charge in [0, 0.05) is 24.4 Å². The van der Waals surface area contributed by atoms with E-state index in [2.05, 4.69) is 18.0 Å². The molecule has 1 aromatic rings. The molecule has 2 heteroatoms. The van der Waals surface area contributed by atoms with Crippen LogP contribution in [0, 0.1) is 6.92 Å². The molecule has 1 fully saturated rings. The van der Waals surface area contributed by atoms with E-state index in [1.807, 2.05) is 12.4 Å². The van der Waals surface area contributed by atoms with Gasteiger partial charge >= 0.3 is 0 Å². The highest BCUT2D eigenvalue weighted by molar-refractivity contribution is 5.31. The van der Waals surface area contributed by atoms with Crippen LogP contribution in [-0.2, 0) is 5.41 Å². The summed E-state index contributed by atoms with van der Waals surface area (Å²) >= 11 is 0. The summed E-state index contributed by atoms with van der Waals surface area (Å²) in [4.78, 5) is 4.18. The van der Waals surface area contributed by atoms with Crippen LogP contribution in [0.15, 0.2) is 18.5 Å². The third-order valence-electron chi connectivity index (χ3n) is 2.73. The van der Waals surface area contributed by atoms with Crippen molar-refractivity contribution in [3.05, 3.63) is 29.6 Å². The van der Waals surface area contributed by atoms with Crippen LogP contribution in [-0.4, -0.2) is 11.5 Å². The van der Waals surface area contributed by atoms with E-state index in [9.17, 15) is 0 Å². The third kappa shape index (κ3) is 1.12. The Morgan fingerprint density at radius 2 is 2.25 bits per heavy atom. The van der Waals surface area contributed by atoms with Gasteiger partial charge in [-0.1, -0.05) is 6.07 Å². The van der Waals surface area contributed by atoms with Crippen LogP contribution < -0.4 is 5.73 Å². The lowest BCUT2D eigenvalue weighted by molar-refractivity contribution is 0.700. The maximum atomic E-state index is 5.72. The van der Waals surface area contributed by atoms with Gasteiger partial charge in [-0.2, -0.15) is 0 Å². The smallest absolute Gasteiger partial charge is 0.0306 e. The fourth-order valence-corrected chi connectivity index (χ4v) is 1.61. The van der Waals surface area contributed by atoms with Crippen molar-refractivity contribution in [2.75, 3.05) is 6.54 Å². The second kappa shape index (κ2) is 2.56. The van der Waals surface area contributed by atoms with E-state index in [1.54, 1.807) is 0 Å². The zero-order valence-electron chi connectivity index (χ0n) is 7.38. The molecule has 1 aromatic heterocycles. The first kappa shape index (κ1) is 7.74. The molecule has 1 heterocycles. The number of rotatable bonds is 2. The highest BCUT2D eigenvalue weighted by Crippen LogP contribution is 2.46. The van der Waals surface area contributed by atoms with Crippen LogP contribution >= 0.6 is 0 Å². The van der Waals surface area contributed by atoms with Crippen LogP contribution in [0.2, 0.25) is 0 Å². The van der Waals surface area contributed by atoms with Gasteiger partial charge in [0.15, 0.2) is 0 Å². The Balaban J connectivity index is 2.34. The average Bonchev–Trinajstić information content (AvgIpc) is 2.84. The number of aryl methyl sites for hydroxylation is 1. The van der Waals surface area contributed by atoms with Crippen molar-refractivity contribution in [2.45, 2.75) is 25.2 Å². The molecule has 1 aliphatic rings. The SMILES string of the molecule is Cc1cncc(C2(CN)CC2)c1. The van der Waals surface area contributed by atoms with Crippen molar-refractivity contribution in [3.8, 4) is 0 Å². The first-order valence-electron chi connectivity index (χ1n) is 4.39. The Morgan fingerprint density at radius 1 is 1.50 bits per heavy atom. The zero-order valence-corrected chi connectivity index (χ0v) is 7.38. The van der Waals surface area contributed by atoms with Gasteiger partial charge in [0.25, 0.3) is 0 Å². The van der Waals surface area contributed by atoms with E-state index >= 15 is 0 Å². The number of pyridine rings is 1. The first-order chi connectivity index (χ1) is 5.77. The second-order valence-electron chi connectivity index (χ2n) is 3.74. The lowest BCUT2D eigenvalue weighted by Gasteiger charge is -2.11. The van der Waals surface area contributed by atoms with Crippen LogP contribution in [0.4, 0.5) is 0 Å². The molecule has 2 rings (SSSR count). The topological polar surface area (TPSA) is 38.9 Å². The number of nitrogens with two attached hydrogens (primary N) is 1. The van der Waals surface area contributed by atoms with Crippen molar-refractivity contribution in [1.29, 1.82) is 0 Å². The van der Waals surface area contributed by atoms with E-state index < -0.39 is 0 Å². The van der Waals surface area contributed by atoms with Crippen molar-refractivity contribution >= 4 is 0 Å². The highest BCUT2D eigenvalue weighted by atomic mass is 14.7. The summed E-state index contributed by atoms with van der Waals surface area (Å²) in [6, 6.07) is 2.20. The number of hydrogen-bond acceptors (Lipinski definition) is 2. The number of hydrogen-bond donors (Lipinski definition) is 1. The maximum Gasteiger partial charge on any atom is 0.0306 e. The molecule has 0 saturated heterocycles. The molecule has 2 nitrogen and oxygen atoms in total. The normalized spacial score (nSPS) is 19.2. The van der Waals surface area contributed by atoms with E-state index in [0.29, 0.717) is 5.41 Å². The van der Waals surface area contributed by atoms with Gasteiger partial charge in [0.1, 0.15) is 0 Å². The highest BCUT2D eigenvalue weighted by Gasteiger charge is 2.42. The Kier molecular flexibility index (Phi) is 1.65. The molecule has 0 aromatic carbocycles. The van der Waals surface area contributed by atoms with Gasteiger partial charge < -0.3 is 5.73 Å². The fourth-order valence-electron chi connectivity index (χ4n) is 1.61.